The zero-order valence-corrected chi connectivity index (χ0v) is 19.2. The number of imidazole rings is 1. The molecule has 0 N–H and O–H groups in total. The fourth-order valence-corrected chi connectivity index (χ4v) is 6.25. The second-order valence-electron chi connectivity index (χ2n) is 9.78. The molecule has 6 rings (SSSR count). The van der Waals surface area contributed by atoms with Gasteiger partial charge in [0.15, 0.2) is 17.5 Å². The molecule has 3 aromatic rings. The van der Waals surface area contributed by atoms with E-state index in [4.69, 9.17) is 5.10 Å². The smallest absolute Gasteiger partial charge is 0.272 e. The first-order chi connectivity index (χ1) is 16.3. The van der Waals surface area contributed by atoms with Crippen molar-refractivity contribution in [3.05, 3.63) is 58.6 Å². The van der Waals surface area contributed by atoms with E-state index in [2.05, 4.69) is 16.5 Å². The molecule has 1 amide bonds. The number of amides is 1. The maximum absolute atomic E-state index is 14.0. The van der Waals surface area contributed by atoms with Gasteiger partial charge in [-0.1, -0.05) is 0 Å². The molecular weight excluding hydrogens is 443 g/mol. The summed E-state index contributed by atoms with van der Waals surface area (Å²) in [5, 5.41) is 4.71. The van der Waals surface area contributed by atoms with Gasteiger partial charge in [0.2, 0.25) is 0 Å². The molecule has 3 atom stereocenters. The Kier molecular flexibility index (Phi) is 4.86. The first-order valence-electron chi connectivity index (χ1n) is 11.9. The van der Waals surface area contributed by atoms with Gasteiger partial charge in [0.1, 0.15) is 11.5 Å². The van der Waals surface area contributed by atoms with E-state index in [0.29, 0.717) is 17.8 Å². The molecule has 6 nitrogen and oxygen atoms in total. The highest BCUT2D eigenvalue weighted by molar-refractivity contribution is 5.93. The molecule has 178 valence electrons. The predicted octanol–water partition coefficient (Wildman–Crippen LogP) is 4.89. The van der Waals surface area contributed by atoms with Crippen molar-refractivity contribution in [3.8, 4) is 11.3 Å². The molecule has 2 bridgehead atoms. The summed E-state index contributed by atoms with van der Waals surface area (Å²) in [5.41, 5.74) is 3.10. The average Bonchev–Trinajstić information content (AvgIpc) is 3.38. The van der Waals surface area contributed by atoms with E-state index in [0.717, 1.165) is 67.7 Å². The number of carbonyl (C=O) groups is 1. The fraction of sp³-hybridized carbons (Fsp3) is 0.480. The molecule has 0 saturated carbocycles. The highest BCUT2D eigenvalue weighted by atomic mass is 19.2. The van der Waals surface area contributed by atoms with Gasteiger partial charge < -0.3 is 9.47 Å². The molecule has 0 aliphatic carbocycles. The number of fused-ring (bicyclic) bond motifs is 5. The molecule has 9 heteroatoms. The Morgan fingerprint density at radius 3 is 2.62 bits per heavy atom. The van der Waals surface area contributed by atoms with Crippen LogP contribution >= 0.6 is 0 Å². The minimum absolute atomic E-state index is 0.0288. The summed E-state index contributed by atoms with van der Waals surface area (Å²) >= 11 is 0. The number of hydrogen-bond donors (Lipinski definition) is 0. The molecule has 2 aromatic heterocycles. The number of rotatable bonds is 2. The van der Waals surface area contributed by atoms with Gasteiger partial charge in [-0.05, 0) is 57.6 Å². The number of hydrogen-bond acceptors (Lipinski definition) is 3. The summed E-state index contributed by atoms with van der Waals surface area (Å²) in [7, 11) is 1.72. The van der Waals surface area contributed by atoms with Crippen LogP contribution in [0.3, 0.4) is 0 Å². The van der Waals surface area contributed by atoms with Crippen LogP contribution in [0.5, 0.6) is 0 Å². The molecule has 5 heterocycles. The lowest BCUT2D eigenvalue weighted by atomic mass is 9.81. The predicted molar refractivity (Wildman–Crippen MR) is 119 cm³/mol. The Balaban J connectivity index is 1.42. The van der Waals surface area contributed by atoms with E-state index in [9.17, 15) is 18.0 Å². The minimum atomic E-state index is -1.48. The van der Waals surface area contributed by atoms with Crippen molar-refractivity contribution in [2.75, 3.05) is 0 Å². The minimum Gasteiger partial charge on any atom is -0.325 e. The number of carbonyl (C=O) groups excluding carboxylic acids is 1. The Morgan fingerprint density at radius 2 is 1.85 bits per heavy atom. The van der Waals surface area contributed by atoms with Crippen molar-refractivity contribution >= 4 is 5.91 Å². The van der Waals surface area contributed by atoms with Crippen LogP contribution in [0, 0.1) is 17.5 Å². The van der Waals surface area contributed by atoms with Crippen molar-refractivity contribution in [3.63, 3.8) is 0 Å². The summed E-state index contributed by atoms with van der Waals surface area (Å²) in [6.07, 6.45) is 7.82. The molecule has 3 aliphatic rings. The largest absolute Gasteiger partial charge is 0.325 e. The fourth-order valence-electron chi connectivity index (χ4n) is 6.25. The molecule has 1 saturated heterocycles. The molecule has 1 aromatic carbocycles. The molecule has 0 radical (unpaired) electrons. The Hall–Kier alpha value is -3.10. The van der Waals surface area contributed by atoms with Crippen molar-refractivity contribution < 1.29 is 18.0 Å². The van der Waals surface area contributed by atoms with Crippen molar-refractivity contribution in [1.29, 1.82) is 0 Å². The molecular formula is C25H26F3N5O. The van der Waals surface area contributed by atoms with Crippen LogP contribution in [0.2, 0.25) is 0 Å². The van der Waals surface area contributed by atoms with Crippen LogP contribution in [0.1, 0.15) is 78.7 Å². The molecule has 34 heavy (non-hydrogen) atoms. The summed E-state index contributed by atoms with van der Waals surface area (Å²) < 4.78 is 45.3. The second-order valence-corrected chi connectivity index (χ2v) is 9.78. The zero-order chi connectivity index (χ0) is 23.7. The number of aryl methyl sites for hydroxylation is 2. The number of nitrogens with zero attached hydrogens (tertiary/aromatic N) is 5. The summed E-state index contributed by atoms with van der Waals surface area (Å²) in [4.78, 5) is 20.4. The second kappa shape index (κ2) is 7.71. The number of aromatic nitrogens is 4. The van der Waals surface area contributed by atoms with Crippen molar-refractivity contribution in [2.24, 2.45) is 7.05 Å². The molecule has 3 unspecified atom stereocenters. The molecule has 1 fully saturated rings. The van der Waals surface area contributed by atoms with Gasteiger partial charge in [-0.25, -0.2) is 18.2 Å². The van der Waals surface area contributed by atoms with Crippen molar-refractivity contribution in [1.82, 2.24) is 24.2 Å². The van der Waals surface area contributed by atoms with E-state index >= 15 is 0 Å². The summed E-state index contributed by atoms with van der Waals surface area (Å²) in [5.74, 6) is -2.99. The van der Waals surface area contributed by atoms with Gasteiger partial charge in [0.25, 0.3) is 5.91 Å². The van der Waals surface area contributed by atoms with Crippen LogP contribution in [-0.2, 0) is 19.9 Å². The van der Waals surface area contributed by atoms with Crippen LogP contribution in [0.4, 0.5) is 13.2 Å². The van der Waals surface area contributed by atoms with E-state index < -0.39 is 17.5 Å². The highest BCUT2D eigenvalue weighted by Crippen LogP contribution is 2.45. The summed E-state index contributed by atoms with van der Waals surface area (Å²) in [6.45, 7) is 2.13. The standard InChI is InChI=1S/C25H26F3N5O/c1-13-5-3-8-21-29-12-20(32(13)21)25(34)33-15-6-4-7-19(33)23-16(11-15)24(31(2)30-23)14-9-17(26)22(28)18(27)10-14/h9-10,12-13,15,19H,3-8,11H2,1-2H3. The maximum atomic E-state index is 14.0. The quantitative estimate of drug-likeness (QED) is 0.502. The van der Waals surface area contributed by atoms with E-state index in [1.165, 1.54) is 0 Å². The third-order valence-corrected chi connectivity index (χ3v) is 7.72. The lowest BCUT2D eigenvalue weighted by molar-refractivity contribution is 0.0378. The van der Waals surface area contributed by atoms with Gasteiger partial charge in [0, 0.05) is 36.7 Å². The van der Waals surface area contributed by atoms with Crippen LogP contribution in [-0.4, -0.2) is 36.2 Å². The Bertz CT molecular complexity index is 1290. The maximum Gasteiger partial charge on any atom is 0.272 e. The number of piperidine rings is 1. The normalized spacial score (nSPS) is 23.6. The molecule has 3 aliphatic heterocycles. The van der Waals surface area contributed by atoms with Gasteiger partial charge in [-0.2, -0.15) is 5.10 Å². The Labute approximate surface area is 195 Å². The average molecular weight is 470 g/mol. The topological polar surface area (TPSA) is 56.0 Å². The van der Waals surface area contributed by atoms with Crippen LogP contribution in [0.25, 0.3) is 11.3 Å². The SMILES string of the molecule is CC1CCCc2ncc(C(=O)N3C4CCCC3c3nn(C)c(-c5cc(F)c(F)c(F)c5)c3C4)n21. The number of halogens is 3. The molecule has 0 spiro atoms. The van der Waals surface area contributed by atoms with Crippen LogP contribution in [0.15, 0.2) is 18.3 Å². The Morgan fingerprint density at radius 1 is 1.09 bits per heavy atom. The van der Waals surface area contributed by atoms with Gasteiger partial charge >= 0.3 is 0 Å². The zero-order valence-electron chi connectivity index (χ0n) is 19.2. The van der Waals surface area contributed by atoms with Gasteiger partial charge in [0.05, 0.1) is 23.6 Å². The first-order valence-corrected chi connectivity index (χ1v) is 11.9. The number of benzene rings is 1. The van der Waals surface area contributed by atoms with E-state index in [1.807, 2.05) is 4.90 Å². The summed E-state index contributed by atoms with van der Waals surface area (Å²) in [6, 6.07) is 2.01. The van der Waals surface area contributed by atoms with Crippen molar-refractivity contribution in [2.45, 2.75) is 70.0 Å². The van der Waals surface area contributed by atoms with Gasteiger partial charge in [-0.15, -0.1) is 0 Å². The lowest BCUT2D eigenvalue weighted by Crippen LogP contribution is -2.50. The monoisotopic (exact) mass is 469 g/mol. The van der Waals surface area contributed by atoms with E-state index in [-0.39, 0.29) is 29.6 Å². The van der Waals surface area contributed by atoms with E-state index in [1.54, 1.807) is 17.9 Å². The third-order valence-electron chi connectivity index (χ3n) is 7.72. The lowest BCUT2D eigenvalue weighted by Gasteiger charge is -2.45. The third kappa shape index (κ3) is 3.05. The highest BCUT2D eigenvalue weighted by Gasteiger charge is 2.44. The first kappa shape index (κ1) is 21.4. The van der Waals surface area contributed by atoms with Crippen LogP contribution < -0.4 is 0 Å². The van der Waals surface area contributed by atoms with Gasteiger partial charge in [-0.3, -0.25) is 9.48 Å².